The zero-order chi connectivity index (χ0) is 15.6. The number of hydrogen-bond donors (Lipinski definition) is 2. The SMILES string of the molecule is O=C(O)CN1CCC[C@@]2(C[C@@H](Nc3ncc(F)cn3)CO2)C1. The Kier molecular flexibility index (Phi) is 4.21. The molecule has 2 N–H and O–H groups in total. The summed E-state index contributed by atoms with van der Waals surface area (Å²) in [6, 6.07) is 0.0511. The summed E-state index contributed by atoms with van der Waals surface area (Å²) in [4.78, 5) is 20.6. The van der Waals surface area contributed by atoms with Crippen LogP contribution in [0.15, 0.2) is 12.4 Å². The molecule has 2 aliphatic rings. The molecular formula is C14H19FN4O3. The molecule has 2 saturated heterocycles. The molecule has 0 amide bonds. The van der Waals surface area contributed by atoms with Crippen molar-refractivity contribution in [1.82, 2.24) is 14.9 Å². The minimum Gasteiger partial charge on any atom is -0.480 e. The fourth-order valence-electron chi connectivity index (χ4n) is 3.31. The standard InChI is InChI=1S/C14H19FN4O3/c15-10-5-16-13(17-6-10)18-11-4-14(22-8-11)2-1-3-19(9-14)7-12(20)21/h5-6,11H,1-4,7-9H2,(H,20,21)(H,16,17,18)/t11-,14-/m1/s1. The van der Waals surface area contributed by atoms with Gasteiger partial charge in [-0.25, -0.2) is 14.4 Å². The van der Waals surface area contributed by atoms with Crippen LogP contribution in [0.3, 0.4) is 0 Å². The number of carboxylic acid groups (broad SMARTS) is 1. The van der Waals surface area contributed by atoms with Gasteiger partial charge in [-0.15, -0.1) is 0 Å². The monoisotopic (exact) mass is 310 g/mol. The Labute approximate surface area is 127 Å². The average Bonchev–Trinajstić information content (AvgIpc) is 2.83. The lowest BCUT2D eigenvalue weighted by atomic mass is 9.88. The molecule has 120 valence electrons. The Morgan fingerprint density at radius 1 is 1.55 bits per heavy atom. The fourth-order valence-corrected chi connectivity index (χ4v) is 3.31. The minimum absolute atomic E-state index is 0.0459. The Bertz CT molecular complexity index is 541. The summed E-state index contributed by atoms with van der Waals surface area (Å²) in [5.74, 6) is -0.907. The lowest BCUT2D eigenvalue weighted by molar-refractivity contribution is -0.140. The number of carboxylic acids is 1. The number of rotatable bonds is 4. The van der Waals surface area contributed by atoms with Gasteiger partial charge in [-0.3, -0.25) is 9.69 Å². The van der Waals surface area contributed by atoms with Crippen LogP contribution in [0, 0.1) is 5.82 Å². The lowest BCUT2D eigenvalue weighted by Crippen LogP contribution is -2.49. The van der Waals surface area contributed by atoms with Crippen molar-refractivity contribution < 1.29 is 19.0 Å². The van der Waals surface area contributed by atoms with Gasteiger partial charge in [-0.2, -0.15) is 0 Å². The maximum Gasteiger partial charge on any atom is 0.317 e. The number of ether oxygens (including phenoxy) is 1. The molecule has 1 aromatic heterocycles. The van der Waals surface area contributed by atoms with E-state index in [0.29, 0.717) is 19.1 Å². The van der Waals surface area contributed by atoms with Crippen molar-refractivity contribution in [3.8, 4) is 0 Å². The Balaban J connectivity index is 1.58. The average molecular weight is 310 g/mol. The molecule has 3 heterocycles. The van der Waals surface area contributed by atoms with Crippen molar-refractivity contribution in [2.75, 3.05) is 31.6 Å². The van der Waals surface area contributed by atoms with Gasteiger partial charge in [0.1, 0.15) is 0 Å². The largest absolute Gasteiger partial charge is 0.480 e. The first-order chi connectivity index (χ1) is 10.5. The van der Waals surface area contributed by atoms with Crippen LogP contribution in [0.25, 0.3) is 0 Å². The van der Waals surface area contributed by atoms with Crippen LogP contribution in [0.4, 0.5) is 10.3 Å². The topological polar surface area (TPSA) is 87.6 Å². The van der Waals surface area contributed by atoms with E-state index in [-0.39, 0.29) is 18.2 Å². The molecular weight excluding hydrogens is 291 g/mol. The van der Waals surface area contributed by atoms with Crippen molar-refractivity contribution in [2.24, 2.45) is 0 Å². The number of anilines is 1. The van der Waals surface area contributed by atoms with Crippen LogP contribution < -0.4 is 5.32 Å². The molecule has 0 aromatic carbocycles. The number of hydrogen-bond acceptors (Lipinski definition) is 6. The second-order valence-electron chi connectivity index (χ2n) is 5.97. The molecule has 2 fully saturated rings. The summed E-state index contributed by atoms with van der Waals surface area (Å²) >= 11 is 0. The van der Waals surface area contributed by atoms with E-state index in [0.717, 1.165) is 38.2 Å². The molecule has 7 nitrogen and oxygen atoms in total. The zero-order valence-electron chi connectivity index (χ0n) is 12.2. The number of halogens is 1. The van der Waals surface area contributed by atoms with Crippen LogP contribution in [-0.2, 0) is 9.53 Å². The van der Waals surface area contributed by atoms with E-state index in [4.69, 9.17) is 9.84 Å². The summed E-state index contributed by atoms with van der Waals surface area (Å²) in [5.41, 5.74) is -0.300. The molecule has 2 atom stereocenters. The fraction of sp³-hybridized carbons (Fsp3) is 0.643. The molecule has 0 saturated carbocycles. The number of piperidine rings is 1. The van der Waals surface area contributed by atoms with E-state index in [1.54, 1.807) is 0 Å². The van der Waals surface area contributed by atoms with Gasteiger partial charge in [-0.1, -0.05) is 0 Å². The molecule has 8 heteroatoms. The van der Waals surface area contributed by atoms with E-state index >= 15 is 0 Å². The van der Waals surface area contributed by atoms with Crippen molar-refractivity contribution in [3.05, 3.63) is 18.2 Å². The van der Waals surface area contributed by atoms with E-state index < -0.39 is 11.8 Å². The van der Waals surface area contributed by atoms with Crippen LogP contribution in [0.1, 0.15) is 19.3 Å². The summed E-state index contributed by atoms with van der Waals surface area (Å²) < 4.78 is 18.8. The van der Waals surface area contributed by atoms with Gasteiger partial charge in [0.15, 0.2) is 5.82 Å². The Morgan fingerprint density at radius 2 is 2.32 bits per heavy atom. The first kappa shape index (κ1) is 15.1. The van der Waals surface area contributed by atoms with Crippen molar-refractivity contribution in [2.45, 2.75) is 30.9 Å². The number of aliphatic carboxylic acids is 1. The number of nitrogens with zero attached hydrogens (tertiary/aromatic N) is 3. The highest BCUT2D eigenvalue weighted by molar-refractivity contribution is 5.69. The Hall–Kier alpha value is -1.80. The molecule has 22 heavy (non-hydrogen) atoms. The second-order valence-corrected chi connectivity index (χ2v) is 5.97. The molecule has 0 unspecified atom stereocenters. The number of aromatic nitrogens is 2. The van der Waals surface area contributed by atoms with Crippen molar-refractivity contribution in [3.63, 3.8) is 0 Å². The van der Waals surface area contributed by atoms with Gasteiger partial charge in [-0.05, 0) is 19.4 Å². The summed E-state index contributed by atoms with van der Waals surface area (Å²) in [6.45, 7) is 1.98. The third-order valence-electron chi connectivity index (χ3n) is 4.14. The maximum absolute atomic E-state index is 12.8. The first-order valence-corrected chi connectivity index (χ1v) is 7.37. The molecule has 1 aromatic rings. The summed E-state index contributed by atoms with van der Waals surface area (Å²) in [7, 11) is 0. The predicted molar refractivity (Wildman–Crippen MR) is 76.0 cm³/mol. The molecule has 3 rings (SSSR count). The van der Waals surface area contributed by atoms with Crippen molar-refractivity contribution >= 4 is 11.9 Å². The Morgan fingerprint density at radius 3 is 3.05 bits per heavy atom. The minimum atomic E-state index is -0.815. The molecule has 1 spiro atoms. The van der Waals surface area contributed by atoms with E-state index in [2.05, 4.69) is 15.3 Å². The molecule has 0 aliphatic carbocycles. The van der Waals surface area contributed by atoms with E-state index in [9.17, 15) is 9.18 Å². The molecule has 2 aliphatic heterocycles. The molecule has 0 bridgehead atoms. The highest BCUT2D eigenvalue weighted by Crippen LogP contribution is 2.35. The summed E-state index contributed by atoms with van der Waals surface area (Å²) in [5, 5.41) is 12.1. The van der Waals surface area contributed by atoms with Gasteiger partial charge in [0.25, 0.3) is 0 Å². The van der Waals surface area contributed by atoms with E-state index in [1.165, 1.54) is 0 Å². The number of likely N-dealkylation sites (tertiary alicyclic amines) is 1. The predicted octanol–water partition coefficient (Wildman–Crippen LogP) is 0.736. The van der Waals surface area contributed by atoms with E-state index in [1.807, 2.05) is 4.90 Å². The normalized spacial score (nSPS) is 28.9. The van der Waals surface area contributed by atoms with Gasteiger partial charge in [0.2, 0.25) is 5.95 Å². The summed E-state index contributed by atoms with van der Waals surface area (Å²) in [6.07, 6.45) is 4.86. The van der Waals surface area contributed by atoms with Crippen LogP contribution in [0.5, 0.6) is 0 Å². The van der Waals surface area contributed by atoms with Gasteiger partial charge >= 0.3 is 5.97 Å². The highest BCUT2D eigenvalue weighted by Gasteiger charge is 2.43. The van der Waals surface area contributed by atoms with Crippen LogP contribution in [-0.4, -0.2) is 63.8 Å². The van der Waals surface area contributed by atoms with Gasteiger partial charge in [0, 0.05) is 13.0 Å². The van der Waals surface area contributed by atoms with Crippen LogP contribution in [0.2, 0.25) is 0 Å². The lowest BCUT2D eigenvalue weighted by Gasteiger charge is -2.39. The molecule has 0 radical (unpaired) electrons. The third-order valence-corrected chi connectivity index (χ3v) is 4.14. The van der Waals surface area contributed by atoms with Crippen molar-refractivity contribution in [1.29, 1.82) is 0 Å². The first-order valence-electron chi connectivity index (χ1n) is 7.37. The van der Waals surface area contributed by atoms with Gasteiger partial charge < -0.3 is 15.2 Å². The number of nitrogens with one attached hydrogen (secondary N) is 1. The van der Waals surface area contributed by atoms with Gasteiger partial charge in [0.05, 0.1) is 37.2 Å². The highest BCUT2D eigenvalue weighted by atomic mass is 19.1. The van der Waals surface area contributed by atoms with Crippen LogP contribution >= 0.6 is 0 Å². The second kappa shape index (κ2) is 6.13. The quantitative estimate of drug-likeness (QED) is 0.848. The smallest absolute Gasteiger partial charge is 0.317 e. The third kappa shape index (κ3) is 3.50. The zero-order valence-corrected chi connectivity index (χ0v) is 12.2. The number of carbonyl (C=O) groups is 1. The maximum atomic E-state index is 12.8.